The van der Waals surface area contributed by atoms with Crippen molar-refractivity contribution in [1.82, 2.24) is 5.32 Å². The number of rotatable bonds is 6. The minimum absolute atomic E-state index is 0.111. The molecule has 0 amide bonds. The van der Waals surface area contributed by atoms with Gasteiger partial charge < -0.3 is 5.32 Å². The summed E-state index contributed by atoms with van der Waals surface area (Å²) in [6, 6.07) is 12.0. The Kier molecular flexibility index (Phi) is 5.56. The normalized spacial score (nSPS) is 10.6. The van der Waals surface area contributed by atoms with E-state index < -0.39 is 4.92 Å². The Balaban J connectivity index is 1.80. The average molecular weight is 325 g/mol. The van der Waals surface area contributed by atoms with Crippen LogP contribution in [0.5, 0.6) is 0 Å². The molecule has 110 valence electrons. The molecule has 0 bridgehead atoms. The number of benzene rings is 2. The third-order valence-electron chi connectivity index (χ3n) is 3.07. The van der Waals surface area contributed by atoms with Crippen LogP contribution in [0.3, 0.4) is 0 Å². The van der Waals surface area contributed by atoms with Crippen LogP contribution in [-0.2, 0) is 13.0 Å². The van der Waals surface area contributed by atoms with E-state index in [1.807, 2.05) is 6.07 Å². The minimum Gasteiger partial charge on any atom is -0.312 e. The summed E-state index contributed by atoms with van der Waals surface area (Å²) in [6.45, 7) is 1.42. The van der Waals surface area contributed by atoms with E-state index in [9.17, 15) is 10.1 Å². The van der Waals surface area contributed by atoms with Gasteiger partial charge in [0.2, 0.25) is 0 Å². The van der Waals surface area contributed by atoms with Crippen molar-refractivity contribution in [2.24, 2.45) is 0 Å². The van der Waals surface area contributed by atoms with Crippen molar-refractivity contribution in [3.63, 3.8) is 0 Å². The Hall–Kier alpha value is -1.62. The zero-order valence-corrected chi connectivity index (χ0v) is 12.7. The van der Waals surface area contributed by atoms with Gasteiger partial charge in [-0.3, -0.25) is 10.1 Å². The quantitative estimate of drug-likeness (QED) is 0.491. The molecular formula is C15H14Cl2N2O2. The first-order valence-electron chi connectivity index (χ1n) is 6.44. The van der Waals surface area contributed by atoms with Gasteiger partial charge in [-0.25, -0.2) is 0 Å². The number of nitrogens with one attached hydrogen (secondary N) is 1. The van der Waals surface area contributed by atoms with E-state index in [1.54, 1.807) is 24.3 Å². The first-order chi connectivity index (χ1) is 10.1. The molecule has 0 saturated carbocycles. The monoisotopic (exact) mass is 324 g/mol. The maximum Gasteiger partial charge on any atom is 0.269 e. The smallest absolute Gasteiger partial charge is 0.269 e. The zero-order chi connectivity index (χ0) is 15.2. The summed E-state index contributed by atoms with van der Waals surface area (Å²) in [7, 11) is 0. The van der Waals surface area contributed by atoms with Gasteiger partial charge in [0.15, 0.2) is 0 Å². The number of nitro groups is 1. The lowest BCUT2D eigenvalue weighted by Gasteiger charge is -2.07. The molecule has 2 rings (SSSR count). The molecule has 0 radical (unpaired) electrons. The fourth-order valence-corrected chi connectivity index (χ4v) is 2.38. The Morgan fingerprint density at radius 3 is 2.43 bits per heavy atom. The summed E-state index contributed by atoms with van der Waals surface area (Å²) in [4.78, 5) is 10.2. The zero-order valence-electron chi connectivity index (χ0n) is 11.2. The van der Waals surface area contributed by atoms with Gasteiger partial charge in [0.05, 0.1) is 4.92 Å². The molecule has 0 atom stereocenters. The van der Waals surface area contributed by atoms with Crippen molar-refractivity contribution in [1.29, 1.82) is 0 Å². The standard InChI is InChI=1S/C15H14Cl2N2O2/c16-13-4-3-12(15(17)9-13)10-18-8-7-11-1-5-14(6-2-11)19(20)21/h1-6,9,18H,7-8,10H2. The fourth-order valence-electron chi connectivity index (χ4n) is 1.91. The average Bonchev–Trinajstić information content (AvgIpc) is 2.46. The van der Waals surface area contributed by atoms with Gasteiger partial charge in [-0.2, -0.15) is 0 Å². The molecule has 0 aliphatic heterocycles. The molecule has 0 aliphatic rings. The van der Waals surface area contributed by atoms with Crippen LogP contribution in [0.2, 0.25) is 10.0 Å². The lowest BCUT2D eigenvalue weighted by Crippen LogP contribution is -2.16. The molecule has 0 heterocycles. The van der Waals surface area contributed by atoms with Crippen LogP contribution in [0.1, 0.15) is 11.1 Å². The van der Waals surface area contributed by atoms with Crippen LogP contribution in [-0.4, -0.2) is 11.5 Å². The SMILES string of the molecule is O=[N+]([O-])c1ccc(CCNCc2ccc(Cl)cc2Cl)cc1. The number of nitro benzene ring substituents is 1. The Morgan fingerprint density at radius 1 is 1.10 bits per heavy atom. The van der Waals surface area contributed by atoms with Gasteiger partial charge in [0.25, 0.3) is 5.69 Å². The highest BCUT2D eigenvalue weighted by Gasteiger charge is 2.04. The molecule has 4 nitrogen and oxygen atoms in total. The number of halogens is 2. The van der Waals surface area contributed by atoms with Crippen molar-refractivity contribution >= 4 is 28.9 Å². The minimum atomic E-state index is -0.398. The van der Waals surface area contributed by atoms with Gasteiger partial charge >= 0.3 is 0 Å². The van der Waals surface area contributed by atoms with Crippen LogP contribution in [0.25, 0.3) is 0 Å². The maximum absolute atomic E-state index is 10.6. The number of hydrogen-bond acceptors (Lipinski definition) is 3. The highest BCUT2D eigenvalue weighted by molar-refractivity contribution is 6.35. The van der Waals surface area contributed by atoms with E-state index in [2.05, 4.69) is 5.32 Å². The Bertz CT molecular complexity index is 630. The molecule has 0 saturated heterocycles. The second kappa shape index (κ2) is 7.41. The predicted molar refractivity (Wildman–Crippen MR) is 85.0 cm³/mol. The summed E-state index contributed by atoms with van der Waals surface area (Å²) in [6.07, 6.45) is 0.795. The summed E-state index contributed by atoms with van der Waals surface area (Å²) >= 11 is 11.9. The lowest BCUT2D eigenvalue weighted by molar-refractivity contribution is -0.384. The highest BCUT2D eigenvalue weighted by Crippen LogP contribution is 2.20. The second-order valence-corrected chi connectivity index (χ2v) is 5.43. The molecular weight excluding hydrogens is 311 g/mol. The molecule has 0 fully saturated rings. The summed E-state index contributed by atoms with van der Waals surface area (Å²) in [5, 5.41) is 15.1. The molecule has 0 unspecified atom stereocenters. The predicted octanol–water partition coefficient (Wildman–Crippen LogP) is 4.23. The topological polar surface area (TPSA) is 55.2 Å². The van der Waals surface area contributed by atoms with E-state index in [4.69, 9.17) is 23.2 Å². The van der Waals surface area contributed by atoms with Crippen LogP contribution in [0.4, 0.5) is 5.69 Å². The Labute approximate surface area is 132 Å². The summed E-state index contributed by atoms with van der Waals surface area (Å²) < 4.78 is 0. The van der Waals surface area contributed by atoms with Crippen LogP contribution in [0.15, 0.2) is 42.5 Å². The molecule has 2 aromatic rings. The molecule has 6 heteroatoms. The maximum atomic E-state index is 10.6. The van der Waals surface area contributed by atoms with Gasteiger partial charge in [-0.15, -0.1) is 0 Å². The van der Waals surface area contributed by atoms with Crippen LogP contribution in [0, 0.1) is 10.1 Å². The first kappa shape index (κ1) is 15.8. The van der Waals surface area contributed by atoms with Crippen molar-refractivity contribution < 1.29 is 4.92 Å². The molecule has 21 heavy (non-hydrogen) atoms. The fraction of sp³-hybridized carbons (Fsp3) is 0.200. The van der Waals surface area contributed by atoms with Gasteiger partial charge in [0.1, 0.15) is 0 Å². The van der Waals surface area contributed by atoms with E-state index in [0.717, 1.165) is 24.1 Å². The van der Waals surface area contributed by atoms with E-state index in [0.29, 0.717) is 16.6 Å². The van der Waals surface area contributed by atoms with Crippen LogP contribution >= 0.6 is 23.2 Å². The van der Waals surface area contributed by atoms with Crippen molar-refractivity contribution in [3.8, 4) is 0 Å². The first-order valence-corrected chi connectivity index (χ1v) is 7.20. The van der Waals surface area contributed by atoms with Crippen molar-refractivity contribution in [3.05, 3.63) is 73.8 Å². The number of nitrogens with zero attached hydrogens (tertiary/aromatic N) is 1. The molecule has 2 aromatic carbocycles. The summed E-state index contributed by atoms with van der Waals surface area (Å²) in [5.41, 5.74) is 2.15. The van der Waals surface area contributed by atoms with Gasteiger partial charge in [0, 0.05) is 28.7 Å². The Morgan fingerprint density at radius 2 is 1.81 bits per heavy atom. The summed E-state index contributed by atoms with van der Waals surface area (Å²) in [5.74, 6) is 0. The third-order valence-corrected chi connectivity index (χ3v) is 3.66. The van der Waals surface area contributed by atoms with Gasteiger partial charge in [-0.1, -0.05) is 41.4 Å². The largest absolute Gasteiger partial charge is 0.312 e. The number of non-ortho nitro benzene ring substituents is 1. The van der Waals surface area contributed by atoms with E-state index in [1.165, 1.54) is 12.1 Å². The van der Waals surface area contributed by atoms with E-state index >= 15 is 0 Å². The molecule has 0 aliphatic carbocycles. The third kappa shape index (κ3) is 4.70. The molecule has 0 spiro atoms. The van der Waals surface area contributed by atoms with Crippen LogP contribution < -0.4 is 5.32 Å². The molecule has 1 N–H and O–H groups in total. The lowest BCUT2D eigenvalue weighted by atomic mass is 10.1. The van der Waals surface area contributed by atoms with Gasteiger partial charge in [-0.05, 0) is 36.2 Å². The van der Waals surface area contributed by atoms with E-state index in [-0.39, 0.29) is 5.69 Å². The highest BCUT2D eigenvalue weighted by atomic mass is 35.5. The van der Waals surface area contributed by atoms with Crippen molar-refractivity contribution in [2.45, 2.75) is 13.0 Å². The number of hydrogen-bond donors (Lipinski definition) is 1. The second-order valence-electron chi connectivity index (χ2n) is 4.59. The molecule has 0 aromatic heterocycles. The van der Waals surface area contributed by atoms with Crippen molar-refractivity contribution in [2.75, 3.05) is 6.54 Å².